The second kappa shape index (κ2) is 6.88. The first kappa shape index (κ1) is 15.0. The van der Waals surface area contributed by atoms with E-state index in [-0.39, 0.29) is 0 Å². The van der Waals surface area contributed by atoms with Gasteiger partial charge in [-0.25, -0.2) is 9.97 Å². The summed E-state index contributed by atoms with van der Waals surface area (Å²) >= 11 is 0. The number of aryl methyl sites for hydroxylation is 1. The Kier molecular flexibility index (Phi) is 5.17. The molecular formula is C15H27N5. The smallest absolute Gasteiger partial charge is 0.134 e. The zero-order valence-corrected chi connectivity index (χ0v) is 13.0. The lowest BCUT2D eigenvalue weighted by Gasteiger charge is -2.38. The van der Waals surface area contributed by atoms with Crippen molar-refractivity contribution < 1.29 is 0 Å². The number of rotatable bonds is 5. The van der Waals surface area contributed by atoms with Gasteiger partial charge in [-0.05, 0) is 19.8 Å². The van der Waals surface area contributed by atoms with Gasteiger partial charge in [-0.1, -0.05) is 13.8 Å². The average molecular weight is 277 g/mol. The molecule has 0 bridgehead atoms. The lowest BCUT2D eigenvalue weighted by atomic mass is 10.2. The van der Waals surface area contributed by atoms with Crippen LogP contribution in [0.2, 0.25) is 0 Å². The van der Waals surface area contributed by atoms with Gasteiger partial charge in [-0.3, -0.25) is 4.90 Å². The number of hydrogen-bond donors (Lipinski definition) is 1. The largest absolute Gasteiger partial charge is 0.384 e. The van der Waals surface area contributed by atoms with Crippen molar-refractivity contribution in [1.29, 1.82) is 0 Å². The van der Waals surface area contributed by atoms with E-state index in [2.05, 4.69) is 40.5 Å². The van der Waals surface area contributed by atoms with Gasteiger partial charge >= 0.3 is 0 Å². The molecular weight excluding hydrogens is 250 g/mol. The fourth-order valence-electron chi connectivity index (χ4n) is 2.65. The standard InChI is InChI=1S/C15H27N5/c1-4-6-14-17-13(16)11-15(18-14)20-9-7-19(8-10-20)12(3)5-2/h11-12H,4-10H2,1-3H3,(H2,16,17,18). The lowest BCUT2D eigenvalue weighted by Crippen LogP contribution is -2.49. The molecule has 5 heteroatoms. The molecule has 2 heterocycles. The van der Waals surface area contributed by atoms with Crippen LogP contribution in [0.25, 0.3) is 0 Å². The summed E-state index contributed by atoms with van der Waals surface area (Å²) in [5.74, 6) is 2.44. The Morgan fingerprint density at radius 1 is 1.20 bits per heavy atom. The highest BCUT2D eigenvalue weighted by Crippen LogP contribution is 2.18. The number of piperazine rings is 1. The van der Waals surface area contributed by atoms with E-state index < -0.39 is 0 Å². The summed E-state index contributed by atoms with van der Waals surface area (Å²) in [6.45, 7) is 10.9. The predicted octanol–water partition coefficient (Wildman–Crippen LogP) is 1.93. The zero-order chi connectivity index (χ0) is 14.5. The van der Waals surface area contributed by atoms with E-state index >= 15 is 0 Å². The van der Waals surface area contributed by atoms with Gasteiger partial charge in [0.25, 0.3) is 0 Å². The van der Waals surface area contributed by atoms with Gasteiger partial charge in [0.2, 0.25) is 0 Å². The van der Waals surface area contributed by atoms with E-state index in [1.807, 2.05) is 6.07 Å². The number of nitrogens with zero attached hydrogens (tertiary/aromatic N) is 4. The topological polar surface area (TPSA) is 58.3 Å². The normalized spacial score (nSPS) is 18.2. The molecule has 1 saturated heterocycles. The monoisotopic (exact) mass is 277 g/mol. The molecule has 2 N–H and O–H groups in total. The summed E-state index contributed by atoms with van der Waals surface area (Å²) in [6.07, 6.45) is 3.15. The number of anilines is 2. The Labute approximate surface area is 122 Å². The minimum absolute atomic E-state index is 0.586. The molecule has 1 aliphatic heterocycles. The van der Waals surface area contributed by atoms with Crippen molar-refractivity contribution in [1.82, 2.24) is 14.9 Å². The van der Waals surface area contributed by atoms with E-state index in [4.69, 9.17) is 5.73 Å². The third-order valence-corrected chi connectivity index (χ3v) is 4.10. The third-order valence-electron chi connectivity index (χ3n) is 4.10. The summed E-state index contributed by atoms with van der Waals surface area (Å²) in [7, 11) is 0. The van der Waals surface area contributed by atoms with Crippen molar-refractivity contribution in [3.8, 4) is 0 Å². The van der Waals surface area contributed by atoms with Gasteiger partial charge in [0, 0.05) is 44.7 Å². The summed E-state index contributed by atoms with van der Waals surface area (Å²) < 4.78 is 0. The lowest BCUT2D eigenvalue weighted by molar-refractivity contribution is 0.192. The van der Waals surface area contributed by atoms with Gasteiger partial charge in [0.05, 0.1) is 0 Å². The molecule has 0 spiro atoms. The van der Waals surface area contributed by atoms with Crippen molar-refractivity contribution in [2.45, 2.75) is 46.1 Å². The van der Waals surface area contributed by atoms with Gasteiger partial charge < -0.3 is 10.6 Å². The minimum atomic E-state index is 0.586. The van der Waals surface area contributed by atoms with Crippen LogP contribution < -0.4 is 10.6 Å². The minimum Gasteiger partial charge on any atom is -0.384 e. The second-order valence-corrected chi connectivity index (χ2v) is 5.60. The Morgan fingerprint density at radius 3 is 2.50 bits per heavy atom. The molecule has 2 rings (SSSR count). The molecule has 1 atom stereocenters. The summed E-state index contributed by atoms with van der Waals surface area (Å²) in [4.78, 5) is 13.8. The molecule has 1 aromatic rings. The van der Waals surface area contributed by atoms with Crippen LogP contribution in [0.3, 0.4) is 0 Å². The average Bonchev–Trinajstić information content (AvgIpc) is 2.46. The highest BCUT2D eigenvalue weighted by Gasteiger charge is 2.21. The van der Waals surface area contributed by atoms with Crippen LogP contribution in [0.15, 0.2) is 6.07 Å². The quantitative estimate of drug-likeness (QED) is 0.891. The summed E-state index contributed by atoms with van der Waals surface area (Å²) in [5.41, 5.74) is 5.91. The van der Waals surface area contributed by atoms with E-state index in [0.717, 1.165) is 50.7 Å². The summed E-state index contributed by atoms with van der Waals surface area (Å²) in [5, 5.41) is 0. The van der Waals surface area contributed by atoms with Gasteiger partial charge in [0.1, 0.15) is 17.5 Å². The molecule has 0 amide bonds. The highest BCUT2D eigenvalue weighted by atomic mass is 15.3. The number of nitrogens with two attached hydrogens (primary N) is 1. The van der Waals surface area contributed by atoms with Gasteiger partial charge in [-0.2, -0.15) is 0 Å². The van der Waals surface area contributed by atoms with Crippen LogP contribution >= 0.6 is 0 Å². The first-order valence-corrected chi connectivity index (χ1v) is 7.76. The van der Waals surface area contributed by atoms with Crippen LogP contribution in [0.1, 0.15) is 39.4 Å². The Hall–Kier alpha value is -1.36. The highest BCUT2D eigenvalue weighted by molar-refractivity contribution is 5.47. The molecule has 0 aliphatic carbocycles. The van der Waals surface area contributed by atoms with Crippen LogP contribution in [-0.2, 0) is 6.42 Å². The fourth-order valence-corrected chi connectivity index (χ4v) is 2.65. The van der Waals surface area contributed by atoms with Crippen molar-refractivity contribution in [2.75, 3.05) is 36.8 Å². The van der Waals surface area contributed by atoms with E-state index in [9.17, 15) is 0 Å². The number of nitrogen functional groups attached to an aromatic ring is 1. The van der Waals surface area contributed by atoms with E-state index in [0.29, 0.717) is 11.9 Å². The van der Waals surface area contributed by atoms with Crippen LogP contribution in [0.5, 0.6) is 0 Å². The fraction of sp³-hybridized carbons (Fsp3) is 0.733. The maximum atomic E-state index is 5.91. The Bertz CT molecular complexity index is 426. The maximum Gasteiger partial charge on any atom is 0.134 e. The van der Waals surface area contributed by atoms with E-state index in [1.54, 1.807) is 0 Å². The maximum absolute atomic E-state index is 5.91. The predicted molar refractivity (Wildman–Crippen MR) is 84.0 cm³/mol. The molecule has 1 fully saturated rings. The Morgan fingerprint density at radius 2 is 1.90 bits per heavy atom. The first-order valence-electron chi connectivity index (χ1n) is 7.76. The van der Waals surface area contributed by atoms with Crippen molar-refractivity contribution in [3.63, 3.8) is 0 Å². The van der Waals surface area contributed by atoms with Crippen molar-refractivity contribution in [3.05, 3.63) is 11.9 Å². The van der Waals surface area contributed by atoms with Gasteiger partial charge in [0.15, 0.2) is 0 Å². The molecule has 1 unspecified atom stereocenters. The molecule has 1 aliphatic rings. The number of hydrogen-bond acceptors (Lipinski definition) is 5. The molecule has 1 aromatic heterocycles. The molecule has 0 saturated carbocycles. The molecule has 0 radical (unpaired) electrons. The van der Waals surface area contributed by atoms with Gasteiger partial charge in [-0.15, -0.1) is 0 Å². The Balaban J connectivity index is 2.03. The molecule has 20 heavy (non-hydrogen) atoms. The summed E-state index contributed by atoms with van der Waals surface area (Å²) in [6, 6.07) is 2.57. The van der Waals surface area contributed by atoms with Crippen molar-refractivity contribution >= 4 is 11.6 Å². The van der Waals surface area contributed by atoms with E-state index in [1.165, 1.54) is 6.42 Å². The first-order chi connectivity index (χ1) is 9.63. The molecule has 5 nitrogen and oxygen atoms in total. The third kappa shape index (κ3) is 3.60. The number of aromatic nitrogens is 2. The van der Waals surface area contributed by atoms with Crippen LogP contribution in [0, 0.1) is 0 Å². The zero-order valence-electron chi connectivity index (χ0n) is 13.0. The van der Waals surface area contributed by atoms with Crippen LogP contribution in [-0.4, -0.2) is 47.1 Å². The SMILES string of the molecule is CCCc1nc(N)cc(N2CCN(C(C)CC)CC2)n1. The molecule has 0 aromatic carbocycles. The van der Waals surface area contributed by atoms with Crippen LogP contribution in [0.4, 0.5) is 11.6 Å². The van der Waals surface area contributed by atoms with Crippen molar-refractivity contribution in [2.24, 2.45) is 0 Å². The second-order valence-electron chi connectivity index (χ2n) is 5.60. The molecule has 112 valence electrons.